The molecule has 2 unspecified atom stereocenters. The van der Waals surface area contributed by atoms with Crippen LogP contribution in [0, 0.1) is 10.8 Å². The Kier molecular flexibility index (Phi) is 6.73. The first-order valence-electron chi connectivity index (χ1n) is 7.46. The third-order valence-electron chi connectivity index (χ3n) is 4.16. The average molecular weight is 277 g/mol. The van der Waals surface area contributed by atoms with E-state index >= 15 is 0 Å². The normalized spacial score (nSPS) is 18.9. The van der Waals surface area contributed by atoms with Gasteiger partial charge in [0.2, 0.25) is 5.90 Å². The van der Waals surface area contributed by atoms with Gasteiger partial charge in [0.05, 0.1) is 7.11 Å². The van der Waals surface area contributed by atoms with Crippen molar-refractivity contribution in [1.82, 2.24) is 0 Å². The van der Waals surface area contributed by atoms with Gasteiger partial charge in [0.1, 0.15) is 6.10 Å². The molecule has 2 N–H and O–H groups in total. The Labute approximate surface area is 122 Å². The molecule has 0 spiro atoms. The number of rotatable bonds is 7. The predicted molar refractivity (Wildman–Crippen MR) is 84.0 cm³/mol. The first kappa shape index (κ1) is 16.7. The molecular formula is C17H27NO2. The molecule has 0 fully saturated rings. The summed E-state index contributed by atoms with van der Waals surface area (Å²) in [7, 11) is 1.45. The number of nitrogens with one attached hydrogen (secondary N) is 1. The lowest BCUT2D eigenvalue weighted by Gasteiger charge is -2.38. The fourth-order valence-electron chi connectivity index (χ4n) is 2.78. The minimum Gasteiger partial charge on any atom is -0.483 e. The molecule has 2 atom stereocenters. The van der Waals surface area contributed by atoms with Crippen LogP contribution >= 0.6 is 0 Å². The quantitative estimate of drug-likeness (QED) is 0.546. The zero-order chi connectivity index (χ0) is 15.0. The molecule has 0 aromatic carbocycles. The molecule has 0 aromatic rings. The number of ether oxygens (including phenoxy) is 1. The highest BCUT2D eigenvalue weighted by Gasteiger charge is 2.41. The Morgan fingerprint density at radius 3 is 2.80 bits per heavy atom. The molecule has 0 heterocycles. The van der Waals surface area contributed by atoms with Crippen LogP contribution in [0.5, 0.6) is 0 Å². The monoisotopic (exact) mass is 277 g/mol. The fourth-order valence-corrected chi connectivity index (χ4v) is 2.78. The Hall–Kier alpha value is -1.35. The van der Waals surface area contributed by atoms with E-state index in [2.05, 4.69) is 38.2 Å². The van der Waals surface area contributed by atoms with Gasteiger partial charge in [-0.15, -0.1) is 0 Å². The van der Waals surface area contributed by atoms with Gasteiger partial charge in [-0.25, -0.2) is 0 Å². The minimum atomic E-state index is -0.897. The molecule has 20 heavy (non-hydrogen) atoms. The van der Waals surface area contributed by atoms with E-state index in [1.54, 1.807) is 0 Å². The Balaban J connectivity index is 3.19. The van der Waals surface area contributed by atoms with Crippen LogP contribution in [-0.4, -0.2) is 24.2 Å². The van der Waals surface area contributed by atoms with Crippen molar-refractivity contribution in [1.29, 1.82) is 5.41 Å². The zero-order valence-electron chi connectivity index (χ0n) is 12.9. The summed E-state index contributed by atoms with van der Waals surface area (Å²) in [5.41, 5.74) is 0.658. The smallest absolute Gasteiger partial charge is 0.210 e. The van der Waals surface area contributed by atoms with Crippen molar-refractivity contribution >= 4 is 5.90 Å². The summed E-state index contributed by atoms with van der Waals surface area (Å²) in [6.07, 6.45) is 14.1. The zero-order valence-corrected chi connectivity index (χ0v) is 12.9. The Bertz CT molecular complexity index is 409. The van der Waals surface area contributed by atoms with E-state index in [1.165, 1.54) is 7.11 Å². The molecule has 1 rings (SSSR count). The second-order valence-corrected chi connectivity index (χ2v) is 5.27. The van der Waals surface area contributed by atoms with E-state index in [4.69, 9.17) is 10.1 Å². The van der Waals surface area contributed by atoms with Crippen molar-refractivity contribution in [3.63, 3.8) is 0 Å². The van der Waals surface area contributed by atoms with Crippen LogP contribution in [0.2, 0.25) is 0 Å². The summed E-state index contributed by atoms with van der Waals surface area (Å²) in [5, 5.41) is 18.5. The van der Waals surface area contributed by atoms with Crippen LogP contribution < -0.4 is 0 Å². The molecule has 0 radical (unpaired) electrons. The first-order chi connectivity index (χ1) is 9.62. The Morgan fingerprint density at radius 1 is 1.45 bits per heavy atom. The van der Waals surface area contributed by atoms with Crippen molar-refractivity contribution in [2.24, 2.45) is 5.41 Å². The van der Waals surface area contributed by atoms with Gasteiger partial charge >= 0.3 is 0 Å². The lowest BCUT2D eigenvalue weighted by molar-refractivity contribution is 0.0752. The molecule has 1 aliphatic carbocycles. The summed E-state index contributed by atoms with van der Waals surface area (Å²) in [6.45, 7) is 4.22. The van der Waals surface area contributed by atoms with E-state index in [0.29, 0.717) is 0 Å². The van der Waals surface area contributed by atoms with Crippen molar-refractivity contribution < 1.29 is 9.84 Å². The summed E-state index contributed by atoms with van der Waals surface area (Å²) < 4.78 is 4.99. The largest absolute Gasteiger partial charge is 0.483 e. The van der Waals surface area contributed by atoms with Gasteiger partial charge in [0.15, 0.2) is 0 Å². The molecule has 3 nitrogen and oxygen atoms in total. The predicted octanol–water partition coefficient (Wildman–Crippen LogP) is 4.00. The SMILES string of the molecule is CCCCC(CC)(C1=CC=CCC=C1)C(O)C(=N)OC. The highest BCUT2D eigenvalue weighted by atomic mass is 16.5. The number of aliphatic hydroxyl groups excluding tert-OH is 1. The van der Waals surface area contributed by atoms with Crippen molar-refractivity contribution in [3.05, 3.63) is 36.0 Å². The van der Waals surface area contributed by atoms with Crippen molar-refractivity contribution in [2.75, 3.05) is 7.11 Å². The van der Waals surface area contributed by atoms with Gasteiger partial charge < -0.3 is 9.84 Å². The number of allylic oxidation sites excluding steroid dienone is 5. The molecule has 1 aliphatic rings. The van der Waals surface area contributed by atoms with Crippen LogP contribution in [0.15, 0.2) is 36.0 Å². The number of methoxy groups -OCH3 is 1. The summed E-state index contributed by atoms with van der Waals surface area (Å²) in [6, 6.07) is 0. The van der Waals surface area contributed by atoms with Gasteiger partial charge in [-0.1, -0.05) is 57.1 Å². The molecule has 0 saturated heterocycles. The lowest BCUT2D eigenvalue weighted by Crippen LogP contribution is -2.42. The minimum absolute atomic E-state index is 0.0505. The number of unbranched alkanes of at least 4 members (excludes halogenated alkanes) is 1. The van der Waals surface area contributed by atoms with Crippen LogP contribution in [0.1, 0.15) is 46.0 Å². The third-order valence-corrected chi connectivity index (χ3v) is 4.16. The third kappa shape index (κ3) is 3.60. The fraction of sp³-hybridized carbons (Fsp3) is 0.588. The summed E-state index contributed by atoms with van der Waals surface area (Å²) in [5.74, 6) is -0.0505. The maximum Gasteiger partial charge on any atom is 0.210 e. The van der Waals surface area contributed by atoms with Crippen LogP contribution in [0.4, 0.5) is 0 Å². The van der Waals surface area contributed by atoms with Crippen LogP contribution in [-0.2, 0) is 4.74 Å². The highest BCUT2D eigenvalue weighted by Crippen LogP contribution is 2.42. The second-order valence-electron chi connectivity index (χ2n) is 5.27. The van der Waals surface area contributed by atoms with Gasteiger partial charge in [-0.3, -0.25) is 5.41 Å². The molecular weight excluding hydrogens is 250 g/mol. The topological polar surface area (TPSA) is 53.3 Å². The van der Waals surface area contributed by atoms with Gasteiger partial charge in [-0.05, 0) is 24.8 Å². The van der Waals surface area contributed by atoms with Gasteiger partial charge in [0.25, 0.3) is 0 Å². The van der Waals surface area contributed by atoms with Crippen molar-refractivity contribution in [3.8, 4) is 0 Å². The molecule has 112 valence electrons. The molecule has 0 aromatic heterocycles. The molecule has 0 aliphatic heterocycles. The van der Waals surface area contributed by atoms with E-state index in [0.717, 1.165) is 37.7 Å². The lowest BCUT2D eigenvalue weighted by atomic mass is 9.69. The maximum absolute atomic E-state index is 10.7. The number of hydrogen-bond donors (Lipinski definition) is 2. The van der Waals surface area contributed by atoms with E-state index in [-0.39, 0.29) is 5.90 Å². The van der Waals surface area contributed by atoms with Crippen molar-refractivity contribution in [2.45, 2.75) is 52.1 Å². The number of aliphatic hydroxyl groups is 1. The average Bonchev–Trinajstić information content (AvgIpc) is 2.77. The van der Waals surface area contributed by atoms with Gasteiger partial charge in [0, 0.05) is 5.41 Å². The molecule has 0 bridgehead atoms. The van der Waals surface area contributed by atoms with Crippen LogP contribution in [0.25, 0.3) is 0 Å². The van der Waals surface area contributed by atoms with E-state index < -0.39 is 11.5 Å². The summed E-state index contributed by atoms with van der Waals surface area (Å²) in [4.78, 5) is 0. The molecule has 0 amide bonds. The maximum atomic E-state index is 10.7. The van der Waals surface area contributed by atoms with E-state index in [9.17, 15) is 5.11 Å². The number of hydrogen-bond acceptors (Lipinski definition) is 3. The van der Waals surface area contributed by atoms with E-state index in [1.807, 2.05) is 6.08 Å². The Morgan fingerprint density at radius 2 is 2.20 bits per heavy atom. The van der Waals surface area contributed by atoms with Crippen LogP contribution in [0.3, 0.4) is 0 Å². The first-order valence-corrected chi connectivity index (χ1v) is 7.46. The highest BCUT2D eigenvalue weighted by molar-refractivity contribution is 5.79. The van der Waals surface area contributed by atoms with Gasteiger partial charge in [-0.2, -0.15) is 0 Å². The second kappa shape index (κ2) is 8.05. The summed E-state index contributed by atoms with van der Waals surface area (Å²) >= 11 is 0. The standard InChI is InChI=1S/C17H27NO2/c1-4-6-13-17(5-2,15(19)16(18)20-3)14-11-9-7-8-10-12-14/h7,9-12,15,18-19H,4-6,8,13H2,1-3H3. The molecule has 3 heteroatoms. The molecule has 0 saturated carbocycles.